The Balaban J connectivity index is 1.66. The third-order valence-electron chi connectivity index (χ3n) is 5.63. The summed E-state index contributed by atoms with van der Waals surface area (Å²) in [6.45, 7) is 7.25. The summed E-state index contributed by atoms with van der Waals surface area (Å²) in [7, 11) is 0. The molecule has 1 aliphatic carbocycles. The van der Waals surface area contributed by atoms with Crippen LogP contribution in [0.15, 0.2) is 29.4 Å². The molecular formula is C22H29N3O2S. The van der Waals surface area contributed by atoms with E-state index in [4.69, 9.17) is 10.00 Å². The second-order valence-electron chi connectivity index (χ2n) is 8.09. The van der Waals surface area contributed by atoms with Crippen LogP contribution >= 0.6 is 11.8 Å². The van der Waals surface area contributed by atoms with Crippen molar-refractivity contribution < 1.29 is 9.53 Å². The number of rotatable bonds is 7. The molecule has 0 radical (unpaired) electrons. The first-order chi connectivity index (χ1) is 13.5. The highest BCUT2D eigenvalue weighted by Crippen LogP contribution is 2.35. The van der Waals surface area contributed by atoms with Gasteiger partial charge in [-0.2, -0.15) is 5.26 Å². The van der Waals surface area contributed by atoms with Gasteiger partial charge in [0.25, 0.3) is 0 Å². The molecule has 3 atom stereocenters. The normalized spacial score (nSPS) is 22.3. The summed E-state index contributed by atoms with van der Waals surface area (Å²) in [5.74, 6) is 1.65. The Morgan fingerprint density at radius 1 is 1.39 bits per heavy atom. The summed E-state index contributed by atoms with van der Waals surface area (Å²) in [6, 6.07) is 10.1. The number of carbonyl (C=O) groups excluding carboxylic acids is 1. The van der Waals surface area contributed by atoms with E-state index in [0.29, 0.717) is 30.7 Å². The van der Waals surface area contributed by atoms with Crippen molar-refractivity contribution in [1.82, 2.24) is 9.55 Å². The second kappa shape index (κ2) is 9.47. The summed E-state index contributed by atoms with van der Waals surface area (Å²) < 4.78 is 7.93. The number of imidazole rings is 1. The van der Waals surface area contributed by atoms with E-state index in [0.717, 1.165) is 29.0 Å². The van der Waals surface area contributed by atoms with E-state index >= 15 is 0 Å². The lowest BCUT2D eigenvalue weighted by Gasteiger charge is -2.36. The van der Waals surface area contributed by atoms with Gasteiger partial charge in [-0.25, -0.2) is 4.98 Å². The number of para-hydroxylation sites is 2. The van der Waals surface area contributed by atoms with E-state index in [9.17, 15) is 4.79 Å². The highest BCUT2D eigenvalue weighted by molar-refractivity contribution is 7.99. The van der Waals surface area contributed by atoms with Crippen LogP contribution < -0.4 is 0 Å². The van der Waals surface area contributed by atoms with Gasteiger partial charge in [-0.1, -0.05) is 51.1 Å². The van der Waals surface area contributed by atoms with Crippen molar-refractivity contribution in [1.29, 1.82) is 5.26 Å². The number of benzene rings is 1. The lowest BCUT2D eigenvalue weighted by molar-refractivity contribution is -0.152. The lowest BCUT2D eigenvalue weighted by atomic mass is 9.75. The van der Waals surface area contributed by atoms with Crippen LogP contribution in [-0.2, 0) is 16.1 Å². The van der Waals surface area contributed by atoms with Crippen LogP contribution in [0.2, 0.25) is 0 Å². The zero-order chi connectivity index (χ0) is 20.1. The Morgan fingerprint density at radius 2 is 2.18 bits per heavy atom. The van der Waals surface area contributed by atoms with Crippen LogP contribution in [-0.4, -0.2) is 27.4 Å². The molecule has 6 heteroatoms. The number of thioether (sulfide) groups is 1. The van der Waals surface area contributed by atoms with Gasteiger partial charge in [0.2, 0.25) is 0 Å². The summed E-state index contributed by atoms with van der Waals surface area (Å²) >= 11 is 1.40. The van der Waals surface area contributed by atoms with Gasteiger partial charge in [0, 0.05) is 6.54 Å². The molecule has 3 unspecified atom stereocenters. The molecule has 0 amide bonds. The number of hydrogen-bond donors (Lipinski definition) is 0. The second-order valence-corrected chi connectivity index (χ2v) is 9.03. The van der Waals surface area contributed by atoms with Gasteiger partial charge in [-0.3, -0.25) is 4.79 Å². The number of aromatic nitrogens is 2. The number of ether oxygens (including phenoxy) is 1. The fourth-order valence-electron chi connectivity index (χ4n) is 4.12. The average molecular weight is 400 g/mol. The van der Waals surface area contributed by atoms with Gasteiger partial charge in [-0.05, 0) is 42.7 Å². The Labute approximate surface area is 171 Å². The van der Waals surface area contributed by atoms with Crippen LogP contribution in [0.3, 0.4) is 0 Å². The third-order valence-corrected chi connectivity index (χ3v) is 6.58. The summed E-state index contributed by atoms with van der Waals surface area (Å²) in [5, 5.41) is 9.72. The zero-order valence-corrected chi connectivity index (χ0v) is 17.7. The molecule has 3 rings (SSSR count). The molecule has 1 aromatic carbocycles. The molecular weight excluding hydrogens is 370 g/mol. The number of nitriles is 1. The summed E-state index contributed by atoms with van der Waals surface area (Å²) in [5.41, 5.74) is 1.88. The predicted molar refractivity (Wildman–Crippen MR) is 112 cm³/mol. The molecule has 1 aromatic heterocycles. The molecule has 0 saturated heterocycles. The van der Waals surface area contributed by atoms with Crippen LogP contribution in [0.5, 0.6) is 0 Å². The van der Waals surface area contributed by atoms with Crippen LogP contribution in [0.25, 0.3) is 11.0 Å². The fourth-order valence-corrected chi connectivity index (χ4v) is 4.94. The Bertz CT molecular complexity index is 855. The molecule has 0 aliphatic heterocycles. The first-order valence-electron chi connectivity index (χ1n) is 10.1. The maximum Gasteiger partial charge on any atom is 0.316 e. The van der Waals surface area contributed by atoms with Crippen molar-refractivity contribution in [3.05, 3.63) is 24.3 Å². The molecule has 1 saturated carbocycles. The van der Waals surface area contributed by atoms with Gasteiger partial charge in [-0.15, -0.1) is 0 Å². The molecule has 0 spiro atoms. The Morgan fingerprint density at radius 3 is 2.93 bits per heavy atom. The molecule has 1 aliphatic rings. The van der Waals surface area contributed by atoms with E-state index in [1.807, 2.05) is 28.8 Å². The average Bonchev–Trinajstić information content (AvgIpc) is 3.02. The number of nitrogens with zero attached hydrogens (tertiary/aromatic N) is 3. The van der Waals surface area contributed by atoms with E-state index in [1.54, 1.807) is 0 Å². The maximum atomic E-state index is 12.6. The van der Waals surface area contributed by atoms with Crippen molar-refractivity contribution in [2.75, 3.05) is 5.75 Å². The minimum absolute atomic E-state index is 0.0225. The fraction of sp³-hybridized carbons (Fsp3) is 0.591. The molecule has 150 valence electrons. The van der Waals surface area contributed by atoms with E-state index in [2.05, 4.69) is 31.8 Å². The van der Waals surface area contributed by atoms with Gasteiger partial charge in [0.1, 0.15) is 6.10 Å². The van der Waals surface area contributed by atoms with Crippen LogP contribution in [0.4, 0.5) is 0 Å². The SMILES string of the molecule is CC1CCC(C(C)C)C(OC(=O)CSc2nc3ccccc3n2CCC#N)C1. The summed E-state index contributed by atoms with van der Waals surface area (Å²) in [6.07, 6.45) is 3.74. The van der Waals surface area contributed by atoms with Crippen LogP contribution in [0, 0.1) is 29.1 Å². The van der Waals surface area contributed by atoms with Gasteiger partial charge in [0.15, 0.2) is 5.16 Å². The quantitative estimate of drug-likeness (QED) is 0.481. The molecule has 2 aromatic rings. The zero-order valence-electron chi connectivity index (χ0n) is 16.9. The number of hydrogen-bond acceptors (Lipinski definition) is 5. The van der Waals surface area contributed by atoms with Crippen molar-refractivity contribution >= 4 is 28.8 Å². The largest absolute Gasteiger partial charge is 0.461 e. The minimum Gasteiger partial charge on any atom is -0.461 e. The monoisotopic (exact) mass is 399 g/mol. The molecule has 1 heterocycles. The van der Waals surface area contributed by atoms with Crippen molar-refractivity contribution in [3.8, 4) is 6.07 Å². The highest BCUT2D eigenvalue weighted by Gasteiger charge is 2.33. The molecule has 0 N–H and O–H groups in total. The highest BCUT2D eigenvalue weighted by atomic mass is 32.2. The van der Waals surface area contributed by atoms with E-state index in [-0.39, 0.29) is 17.8 Å². The first-order valence-corrected chi connectivity index (χ1v) is 11.1. The Kier molecular flexibility index (Phi) is 7.01. The van der Waals surface area contributed by atoms with Crippen molar-refractivity contribution in [2.24, 2.45) is 17.8 Å². The number of fused-ring (bicyclic) bond motifs is 1. The molecule has 0 bridgehead atoms. The van der Waals surface area contributed by atoms with Gasteiger partial charge >= 0.3 is 5.97 Å². The van der Waals surface area contributed by atoms with E-state index in [1.165, 1.54) is 18.2 Å². The number of esters is 1. The molecule has 28 heavy (non-hydrogen) atoms. The lowest BCUT2D eigenvalue weighted by Crippen LogP contribution is -2.36. The van der Waals surface area contributed by atoms with Crippen LogP contribution in [0.1, 0.15) is 46.5 Å². The van der Waals surface area contributed by atoms with Crippen molar-refractivity contribution in [2.45, 2.75) is 64.3 Å². The topological polar surface area (TPSA) is 67.9 Å². The van der Waals surface area contributed by atoms with Gasteiger partial charge in [0.05, 0.1) is 29.3 Å². The Hall–Kier alpha value is -2.00. The first kappa shape index (κ1) is 20.7. The molecule has 1 fully saturated rings. The van der Waals surface area contributed by atoms with Gasteiger partial charge < -0.3 is 9.30 Å². The van der Waals surface area contributed by atoms with E-state index < -0.39 is 0 Å². The predicted octanol–water partition coefficient (Wildman–Crippen LogP) is 5.05. The standard InChI is InChI=1S/C22H29N3O2S/c1-15(2)17-10-9-16(3)13-20(17)27-21(26)14-28-22-24-18-7-4-5-8-19(18)25(22)12-6-11-23/h4-5,7-8,15-17,20H,6,9-10,12-14H2,1-3H3. The number of aryl methyl sites for hydroxylation is 1. The minimum atomic E-state index is -0.173. The summed E-state index contributed by atoms with van der Waals surface area (Å²) in [4.78, 5) is 17.2. The molecule has 5 nitrogen and oxygen atoms in total. The third kappa shape index (κ3) is 4.88. The maximum absolute atomic E-state index is 12.6. The van der Waals surface area contributed by atoms with Crippen molar-refractivity contribution in [3.63, 3.8) is 0 Å². The number of carbonyl (C=O) groups is 1. The smallest absolute Gasteiger partial charge is 0.316 e.